The number of β-amino-alcohol motifs (C(OH)–C–C–N with tert-alkyl or cyclic N) is 1. The van der Waals surface area contributed by atoms with E-state index in [1.54, 1.807) is 0 Å². The molecule has 0 aromatic carbocycles. The van der Waals surface area contributed by atoms with Crippen molar-refractivity contribution in [1.82, 2.24) is 10.2 Å². The minimum Gasteiger partial charge on any atom is -0.480 e. The predicted molar refractivity (Wildman–Crippen MR) is 65.7 cm³/mol. The van der Waals surface area contributed by atoms with Crippen LogP contribution in [0.4, 0.5) is 4.79 Å². The highest BCUT2D eigenvalue weighted by Gasteiger charge is 2.39. The summed E-state index contributed by atoms with van der Waals surface area (Å²) in [6, 6.07) is -1.57. The molecule has 0 spiro atoms. The third-order valence-corrected chi connectivity index (χ3v) is 3.70. The molecule has 2 aliphatic rings. The zero-order valence-electron chi connectivity index (χ0n) is 10.9. The van der Waals surface area contributed by atoms with Crippen LogP contribution in [-0.2, 0) is 9.53 Å². The van der Waals surface area contributed by atoms with Gasteiger partial charge in [0.15, 0.2) is 0 Å². The van der Waals surface area contributed by atoms with Gasteiger partial charge in [-0.25, -0.2) is 9.59 Å². The summed E-state index contributed by atoms with van der Waals surface area (Å²) in [5, 5.41) is 21.3. The van der Waals surface area contributed by atoms with Gasteiger partial charge in [-0.3, -0.25) is 0 Å². The van der Waals surface area contributed by atoms with E-state index >= 15 is 0 Å². The smallest absolute Gasteiger partial charge is 0.326 e. The molecule has 4 unspecified atom stereocenters. The number of urea groups is 1. The standard InChI is InChI=1S/C12H20N2O5/c1-7(10-3-2-4-19-10)13-12(18)14-6-8(15)5-9(14)11(16)17/h7-10,15H,2-6H2,1H3,(H,13,18)(H,16,17). The fourth-order valence-corrected chi connectivity index (χ4v) is 2.64. The molecule has 4 atom stereocenters. The SMILES string of the molecule is CC(NC(=O)N1CC(O)CC1C(=O)O)C1CCCO1. The number of aliphatic hydroxyl groups is 1. The molecule has 0 aliphatic carbocycles. The molecule has 3 N–H and O–H groups in total. The van der Waals surface area contributed by atoms with E-state index in [9.17, 15) is 14.7 Å². The van der Waals surface area contributed by atoms with Crippen LogP contribution in [0.2, 0.25) is 0 Å². The number of nitrogens with one attached hydrogen (secondary N) is 1. The molecule has 2 heterocycles. The Bertz CT molecular complexity index is 356. The summed E-state index contributed by atoms with van der Waals surface area (Å²) in [6.07, 6.45) is 1.17. The largest absolute Gasteiger partial charge is 0.480 e. The summed E-state index contributed by atoms with van der Waals surface area (Å²) in [5.41, 5.74) is 0. The summed E-state index contributed by atoms with van der Waals surface area (Å²) in [4.78, 5) is 24.3. The van der Waals surface area contributed by atoms with Crippen molar-refractivity contribution >= 4 is 12.0 Å². The van der Waals surface area contributed by atoms with Crippen molar-refractivity contribution < 1.29 is 24.5 Å². The van der Waals surface area contributed by atoms with Gasteiger partial charge in [0.2, 0.25) is 0 Å². The first-order chi connectivity index (χ1) is 8.99. The van der Waals surface area contributed by atoms with Gasteiger partial charge in [-0.15, -0.1) is 0 Å². The first kappa shape index (κ1) is 14.1. The number of carboxylic acid groups (broad SMARTS) is 1. The van der Waals surface area contributed by atoms with Crippen molar-refractivity contribution in [3.8, 4) is 0 Å². The quantitative estimate of drug-likeness (QED) is 0.660. The van der Waals surface area contributed by atoms with E-state index in [1.807, 2.05) is 6.92 Å². The average Bonchev–Trinajstić information content (AvgIpc) is 2.96. The van der Waals surface area contributed by atoms with Crippen LogP contribution in [-0.4, -0.2) is 64.6 Å². The predicted octanol–water partition coefficient (Wildman–Crippen LogP) is -0.217. The van der Waals surface area contributed by atoms with E-state index < -0.39 is 24.1 Å². The monoisotopic (exact) mass is 272 g/mol. The van der Waals surface area contributed by atoms with Crippen LogP contribution in [0.25, 0.3) is 0 Å². The second kappa shape index (κ2) is 5.75. The van der Waals surface area contributed by atoms with E-state index in [1.165, 1.54) is 4.90 Å². The fraction of sp³-hybridized carbons (Fsp3) is 0.833. The zero-order chi connectivity index (χ0) is 14.0. The van der Waals surface area contributed by atoms with E-state index in [-0.39, 0.29) is 25.1 Å². The third kappa shape index (κ3) is 3.16. The van der Waals surface area contributed by atoms with Crippen molar-refractivity contribution in [3.63, 3.8) is 0 Å². The summed E-state index contributed by atoms with van der Waals surface area (Å²) in [6.45, 7) is 2.60. The lowest BCUT2D eigenvalue weighted by molar-refractivity contribution is -0.141. The van der Waals surface area contributed by atoms with Crippen molar-refractivity contribution in [2.75, 3.05) is 13.2 Å². The number of aliphatic hydroxyl groups excluding tert-OH is 1. The van der Waals surface area contributed by atoms with Gasteiger partial charge in [-0.05, 0) is 19.8 Å². The Morgan fingerprint density at radius 2 is 2.21 bits per heavy atom. The normalized spacial score (nSPS) is 32.3. The van der Waals surface area contributed by atoms with Gasteiger partial charge in [-0.1, -0.05) is 0 Å². The Morgan fingerprint density at radius 3 is 2.79 bits per heavy atom. The van der Waals surface area contributed by atoms with Gasteiger partial charge >= 0.3 is 12.0 Å². The Morgan fingerprint density at radius 1 is 1.47 bits per heavy atom. The molecular formula is C12H20N2O5. The second-order valence-electron chi connectivity index (χ2n) is 5.19. The average molecular weight is 272 g/mol. The van der Waals surface area contributed by atoms with Crippen molar-refractivity contribution in [3.05, 3.63) is 0 Å². The van der Waals surface area contributed by atoms with E-state index in [0.29, 0.717) is 6.61 Å². The Kier molecular flexibility index (Phi) is 4.26. The fourth-order valence-electron chi connectivity index (χ4n) is 2.64. The van der Waals surface area contributed by atoms with Crippen molar-refractivity contribution in [1.29, 1.82) is 0 Å². The van der Waals surface area contributed by atoms with E-state index in [0.717, 1.165) is 12.8 Å². The van der Waals surface area contributed by atoms with Crippen LogP contribution < -0.4 is 5.32 Å². The highest BCUT2D eigenvalue weighted by atomic mass is 16.5. The number of amides is 2. The highest BCUT2D eigenvalue weighted by molar-refractivity contribution is 5.83. The van der Waals surface area contributed by atoms with Gasteiger partial charge in [-0.2, -0.15) is 0 Å². The number of hydrogen-bond donors (Lipinski definition) is 3. The number of carboxylic acids is 1. The molecule has 0 radical (unpaired) electrons. The van der Waals surface area contributed by atoms with Crippen LogP contribution in [0.15, 0.2) is 0 Å². The Labute approximate surface area is 111 Å². The lowest BCUT2D eigenvalue weighted by Gasteiger charge is -2.26. The van der Waals surface area contributed by atoms with Gasteiger partial charge in [0.1, 0.15) is 6.04 Å². The number of rotatable bonds is 3. The summed E-state index contributed by atoms with van der Waals surface area (Å²) < 4.78 is 5.47. The molecule has 0 saturated carbocycles. The number of carbonyl (C=O) groups is 2. The first-order valence-corrected chi connectivity index (χ1v) is 6.58. The Balaban J connectivity index is 1.92. The molecule has 0 bridgehead atoms. The van der Waals surface area contributed by atoms with Gasteiger partial charge in [0.05, 0.1) is 18.2 Å². The van der Waals surface area contributed by atoms with Crippen molar-refractivity contribution in [2.24, 2.45) is 0 Å². The van der Waals surface area contributed by atoms with Gasteiger partial charge in [0.25, 0.3) is 0 Å². The first-order valence-electron chi connectivity index (χ1n) is 6.58. The zero-order valence-corrected chi connectivity index (χ0v) is 10.9. The molecule has 19 heavy (non-hydrogen) atoms. The molecule has 108 valence electrons. The van der Waals surface area contributed by atoms with E-state index in [2.05, 4.69) is 5.32 Å². The topological polar surface area (TPSA) is 99.1 Å². The van der Waals surface area contributed by atoms with Crippen molar-refractivity contribution in [2.45, 2.75) is 50.5 Å². The molecule has 2 aliphatic heterocycles. The second-order valence-corrected chi connectivity index (χ2v) is 5.19. The maximum absolute atomic E-state index is 12.1. The number of aliphatic carboxylic acids is 1. The lowest BCUT2D eigenvalue weighted by atomic mass is 10.1. The molecule has 2 amide bonds. The number of ether oxygens (including phenoxy) is 1. The number of nitrogens with zero attached hydrogens (tertiary/aromatic N) is 1. The molecule has 2 saturated heterocycles. The summed E-state index contributed by atoms with van der Waals surface area (Å²) >= 11 is 0. The van der Waals surface area contributed by atoms with Crippen LogP contribution in [0.1, 0.15) is 26.2 Å². The van der Waals surface area contributed by atoms with Gasteiger partial charge < -0.3 is 25.2 Å². The van der Waals surface area contributed by atoms with Crippen LogP contribution in [0.5, 0.6) is 0 Å². The maximum atomic E-state index is 12.1. The number of carbonyl (C=O) groups excluding carboxylic acids is 1. The molecule has 2 rings (SSSR count). The minimum atomic E-state index is -1.09. The number of hydrogen-bond acceptors (Lipinski definition) is 4. The molecule has 0 aromatic rings. The van der Waals surface area contributed by atoms with Crippen LogP contribution in [0, 0.1) is 0 Å². The highest BCUT2D eigenvalue weighted by Crippen LogP contribution is 2.20. The Hall–Kier alpha value is -1.34. The third-order valence-electron chi connectivity index (χ3n) is 3.70. The minimum absolute atomic E-state index is 0.0141. The molecule has 7 nitrogen and oxygen atoms in total. The maximum Gasteiger partial charge on any atom is 0.326 e. The molecular weight excluding hydrogens is 252 g/mol. The molecule has 0 aromatic heterocycles. The summed E-state index contributed by atoms with van der Waals surface area (Å²) in [7, 11) is 0. The van der Waals surface area contributed by atoms with Crippen LogP contribution in [0.3, 0.4) is 0 Å². The number of likely N-dealkylation sites (tertiary alicyclic amines) is 1. The summed E-state index contributed by atoms with van der Waals surface area (Å²) in [5.74, 6) is -1.09. The lowest BCUT2D eigenvalue weighted by Crippen LogP contribution is -2.51. The van der Waals surface area contributed by atoms with Crippen LogP contribution >= 0.6 is 0 Å². The van der Waals surface area contributed by atoms with E-state index in [4.69, 9.17) is 9.84 Å². The molecule has 2 fully saturated rings. The molecule has 7 heteroatoms. The van der Waals surface area contributed by atoms with Gasteiger partial charge in [0, 0.05) is 19.6 Å².